The van der Waals surface area contributed by atoms with Crippen molar-refractivity contribution in [3.8, 4) is 11.4 Å². The lowest BCUT2D eigenvalue weighted by atomic mass is 9.86. The summed E-state index contributed by atoms with van der Waals surface area (Å²) in [6.07, 6.45) is -4.24. The number of rotatable bonds is 10. The van der Waals surface area contributed by atoms with Gasteiger partial charge in [0.1, 0.15) is 38.2 Å². The third kappa shape index (κ3) is 16.6. The minimum Gasteiger partial charge on any atom is -0.443 e. The summed E-state index contributed by atoms with van der Waals surface area (Å²) in [5.74, 6) is 1.01. The van der Waals surface area contributed by atoms with Crippen LogP contribution >= 0.6 is 38.6 Å². The number of carbonyl (C=O) groups excluding carboxylic acids is 2. The molecule has 8 rings (SSSR count). The van der Waals surface area contributed by atoms with Crippen molar-refractivity contribution in [3.05, 3.63) is 101 Å². The summed E-state index contributed by atoms with van der Waals surface area (Å²) in [6, 6.07) is 15.4. The number of aromatic nitrogens is 4. The van der Waals surface area contributed by atoms with Gasteiger partial charge >= 0.3 is 31.7 Å². The van der Waals surface area contributed by atoms with Gasteiger partial charge in [0.2, 0.25) is 20.0 Å². The molecule has 0 spiro atoms. The maximum Gasteiger partial charge on any atom is 0.506 e. The zero-order valence-electron chi connectivity index (χ0n) is 42.2. The molecule has 2 aliphatic carbocycles. The average molecular weight is 1170 g/mol. The first-order chi connectivity index (χ1) is 34.0. The molecule has 4 aromatic heterocycles. The average Bonchev–Trinajstić information content (AvgIpc) is 4.22. The van der Waals surface area contributed by atoms with Crippen LogP contribution in [0, 0.1) is 0 Å². The molecule has 416 valence electrons. The second-order valence-corrected chi connectivity index (χ2v) is 23.6. The van der Waals surface area contributed by atoms with Crippen molar-refractivity contribution >= 4 is 105 Å². The molecule has 16 nitrogen and oxygen atoms in total. The number of ether oxygens (including phenoxy) is 2. The number of sulfonamides is 2. The molecule has 0 aliphatic heterocycles. The lowest BCUT2D eigenvalue weighted by molar-refractivity contribution is -0.147. The summed E-state index contributed by atoms with van der Waals surface area (Å²) in [5.41, 5.74) is 2.94. The summed E-state index contributed by atoms with van der Waals surface area (Å²) in [4.78, 5) is 32.5. The fraction of sp³-hybridized carbons (Fsp3) is 0.417. The predicted molar refractivity (Wildman–Crippen MR) is 286 cm³/mol. The first-order valence-corrected chi connectivity index (χ1v) is 26.3. The third-order valence-corrected chi connectivity index (χ3v) is 14.4. The van der Waals surface area contributed by atoms with Gasteiger partial charge in [0, 0.05) is 17.8 Å². The summed E-state index contributed by atoms with van der Waals surface area (Å²) in [5, 5.41) is 20.8. The Bertz CT molecular complexity index is 3250. The molecule has 0 amide bonds. The number of halogens is 7. The lowest BCUT2D eigenvalue weighted by Gasteiger charge is -2.21. The molecule has 76 heavy (non-hydrogen) atoms. The quantitative estimate of drug-likeness (QED) is 0.0572. The lowest BCUT2D eigenvalue weighted by Crippen LogP contribution is -2.42. The van der Waals surface area contributed by atoms with Crippen molar-refractivity contribution < 1.29 is 72.3 Å². The van der Waals surface area contributed by atoms with Gasteiger partial charge in [0.05, 0.1) is 28.0 Å². The standard InChI is InChI=1S/C24H26F3N3O4S.C16H20BNO4.C8H8ClF3N2O2S.2H2S/c1-14(24(25,26)27)29-35(32,33)18-9-10-19(28-13-18)21-12-17-8-7-16(15-5-6-15)11-20(17)30(21)22(31)34-23(2,3)4;1-16(2,3)22-15(19)18-13-8-11(10-4-5-10)6-7-12(13)9-14(18)17(20)21;1-5(8(10,11)12)14-17(15,16)6-2-3-7(9)13-4-6;;/h7-15,29H,5-6H2,1-4H3;6-10,20-21H,4-5H2,1-3H3;2-5,14H,1H3;2*1H2/t14-;;5-;;/m0.0../s1. The van der Waals surface area contributed by atoms with E-state index in [9.17, 15) is 62.8 Å². The Kier molecular flexibility index (Phi) is 20.1. The van der Waals surface area contributed by atoms with Gasteiger partial charge < -0.3 is 19.5 Å². The van der Waals surface area contributed by atoms with E-state index < -0.39 is 79.9 Å². The van der Waals surface area contributed by atoms with E-state index in [1.54, 1.807) is 58.4 Å². The van der Waals surface area contributed by atoms with E-state index in [-0.39, 0.29) is 48.3 Å². The second-order valence-electron chi connectivity index (χ2n) is 19.8. The van der Waals surface area contributed by atoms with Crippen molar-refractivity contribution in [3.63, 3.8) is 0 Å². The number of hydrogen-bond donors (Lipinski definition) is 4. The van der Waals surface area contributed by atoms with Gasteiger partial charge in [0.25, 0.3) is 0 Å². The van der Waals surface area contributed by atoms with Crippen LogP contribution in [0.5, 0.6) is 0 Å². The van der Waals surface area contributed by atoms with E-state index in [0.29, 0.717) is 42.4 Å². The number of carbonyl (C=O) groups is 2. The summed E-state index contributed by atoms with van der Waals surface area (Å²) >= 11 is 5.43. The van der Waals surface area contributed by atoms with Crippen molar-refractivity contribution in [2.45, 2.75) is 138 Å². The normalized spacial score (nSPS) is 15.0. The maximum atomic E-state index is 13.2. The molecule has 4 heterocycles. The summed E-state index contributed by atoms with van der Waals surface area (Å²) in [6.45, 7) is 12.0. The van der Waals surface area contributed by atoms with Crippen LogP contribution in [-0.4, -0.2) is 101 Å². The van der Waals surface area contributed by atoms with Crippen molar-refractivity contribution in [1.29, 1.82) is 0 Å². The minimum atomic E-state index is -4.73. The van der Waals surface area contributed by atoms with E-state index >= 15 is 0 Å². The number of nitrogens with zero attached hydrogens (tertiary/aromatic N) is 4. The van der Waals surface area contributed by atoms with Crippen molar-refractivity contribution in [2.24, 2.45) is 0 Å². The Hall–Kier alpha value is -4.87. The summed E-state index contributed by atoms with van der Waals surface area (Å²) < 4.78 is 140. The number of alkyl halides is 6. The number of pyridine rings is 2. The maximum absolute atomic E-state index is 13.2. The van der Waals surface area contributed by atoms with Crippen LogP contribution in [0.15, 0.2) is 95.0 Å². The summed E-state index contributed by atoms with van der Waals surface area (Å²) in [7, 11) is -10.4. The fourth-order valence-corrected chi connectivity index (χ4v) is 9.60. The van der Waals surface area contributed by atoms with E-state index in [4.69, 9.17) is 21.1 Å². The topological polar surface area (TPSA) is 221 Å². The largest absolute Gasteiger partial charge is 0.506 e. The monoisotopic (exact) mass is 1170 g/mol. The van der Waals surface area contributed by atoms with Gasteiger partial charge in [-0.05, 0) is 158 Å². The van der Waals surface area contributed by atoms with Gasteiger partial charge in [-0.15, -0.1) is 0 Å². The molecule has 2 saturated carbocycles. The zero-order chi connectivity index (χ0) is 55.1. The van der Waals surface area contributed by atoms with Crippen LogP contribution < -0.4 is 15.0 Å². The highest BCUT2D eigenvalue weighted by Crippen LogP contribution is 2.42. The van der Waals surface area contributed by atoms with Crippen LogP contribution in [0.4, 0.5) is 35.9 Å². The molecule has 2 atom stereocenters. The molecule has 6 aromatic rings. The Morgan fingerprint density at radius 3 is 1.42 bits per heavy atom. The molecule has 0 radical (unpaired) electrons. The molecular formula is C48H58BClF6N6O10S4. The van der Waals surface area contributed by atoms with E-state index in [1.807, 2.05) is 36.4 Å². The van der Waals surface area contributed by atoms with E-state index in [1.165, 1.54) is 31.6 Å². The van der Waals surface area contributed by atoms with Gasteiger partial charge in [-0.1, -0.05) is 35.9 Å². The highest BCUT2D eigenvalue weighted by atomic mass is 35.5. The molecule has 4 N–H and O–H groups in total. The van der Waals surface area contributed by atoms with Gasteiger partial charge in [0.15, 0.2) is 0 Å². The number of hydrogen-bond acceptors (Lipinski definition) is 12. The van der Waals surface area contributed by atoms with Crippen LogP contribution in [0.2, 0.25) is 5.15 Å². The van der Waals surface area contributed by atoms with Crippen LogP contribution in [0.1, 0.15) is 104 Å². The van der Waals surface area contributed by atoms with Crippen LogP contribution in [-0.2, 0) is 29.5 Å². The second kappa shape index (κ2) is 24.0. The van der Waals surface area contributed by atoms with Crippen molar-refractivity contribution in [2.75, 3.05) is 0 Å². The van der Waals surface area contributed by atoms with Gasteiger partial charge in [-0.3, -0.25) is 9.55 Å². The Labute approximate surface area is 455 Å². The Balaban J connectivity index is 0.000000262. The number of benzene rings is 2. The molecule has 2 aromatic carbocycles. The molecule has 2 fully saturated rings. The smallest absolute Gasteiger partial charge is 0.443 e. The van der Waals surface area contributed by atoms with Crippen LogP contribution in [0.3, 0.4) is 0 Å². The van der Waals surface area contributed by atoms with Gasteiger partial charge in [-0.2, -0.15) is 62.8 Å². The fourth-order valence-electron chi connectivity index (χ4n) is 7.14. The first kappa shape index (κ1) is 63.7. The molecule has 0 unspecified atom stereocenters. The van der Waals surface area contributed by atoms with E-state index in [2.05, 4.69) is 9.97 Å². The molecular weight excluding hydrogens is 1110 g/mol. The third-order valence-electron chi connectivity index (χ3n) is 11.2. The number of nitrogens with one attached hydrogen (secondary N) is 2. The Morgan fingerprint density at radius 2 is 1.05 bits per heavy atom. The highest BCUT2D eigenvalue weighted by molar-refractivity contribution is 7.89. The molecule has 0 bridgehead atoms. The molecule has 28 heteroatoms. The molecule has 0 saturated heterocycles. The van der Waals surface area contributed by atoms with Crippen molar-refractivity contribution in [1.82, 2.24) is 28.5 Å². The van der Waals surface area contributed by atoms with E-state index in [0.717, 1.165) is 66.5 Å². The zero-order valence-corrected chi connectivity index (χ0v) is 46.6. The van der Waals surface area contributed by atoms with Gasteiger partial charge in [-0.25, -0.2) is 36.0 Å². The first-order valence-electron chi connectivity index (χ1n) is 22.9. The SMILES string of the molecule is CC(C)(C)OC(=O)n1c(B(O)O)cc2ccc(C3CC3)cc21.C[C@H](NS(=O)(=O)c1ccc(-c2cc3ccc(C4CC4)cc3n2C(=O)OC(C)(C)C)nc1)C(F)(F)F.C[C@H](NS(=O)(=O)c1ccc(Cl)nc1)C(F)(F)F.S.S. The molecule has 2 aliphatic rings. The number of fused-ring (bicyclic) bond motifs is 2. The Morgan fingerprint density at radius 1 is 0.645 bits per heavy atom. The minimum absolute atomic E-state index is 0. The highest BCUT2D eigenvalue weighted by Gasteiger charge is 2.40. The van der Waals surface area contributed by atoms with Crippen LogP contribution in [0.25, 0.3) is 33.2 Å². The predicted octanol–water partition coefficient (Wildman–Crippen LogP) is 9.76.